The van der Waals surface area contributed by atoms with Crippen LogP contribution in [0.25, 0.3) is 10.6 Å². The number of nitrogens with zero attached hydrogens (tertiary/aromatic N) is 3. The molecule has 0 spiro atoms. The minimum atomic E-state index is -0.175. The first-order chi connectivity index (χ1) is 9.70. The zero-order valence-corrected chi connectivity index (χ0v) is 12.2. The van der Waals surface area contributed by atoms with Gasteiger partial charge in [0.15, 0.2) is 0 Å². The number of carbonyl (C=O) groups is 1. The van der Waals surface area contributed by atoms with Crippen molar-refractivity contribution in [3.8, 4) is 10.6 Å². The molecule has 0 saturated carbocycles. The van der Waals surface area contributed by atoms with Crippen LogP contribution in [0, 0.1) is 6.92 Å². The van der Waals surface area contributed by atoms with Gasteiger partial charge < -0.3 is 0 Å². The Bertz CT molecular complexity index is 716. The molecule has 2 N–H and O–H groups in total. The predicted molar refractivity (Wildman–Crippen MR) is 78.9 cm³/mol. The van der Waals surface area contributed by atoms with Crippen LogP contribution in [-0.2, 0) is 11.2 Å². The molecule has 20 heavy (non-hydrogen) atoms. The van der Waals surface area contributed by atoms with Crippen molar-refractivity contribution in [2.75, 3.05) is 5.32 Å². The summed E-state index contributed by atoms with van der Waals surface area (Å²) in [5.74, 6) is 0.778. The number of thiazole rings is 1. The molecule has 0 unspecified atom stereocenters. The summed E-state index contributed by atoms with van der Waals surface area (Å²) in [5, 5.41) is 16.0. The van der Waals surface area contributed by atoms with Gasteiger partial charge in [-0.25, -0.2) is 4.98 Å². The third-order valence-corrected chi connectivity index (χ3v) is 4.13. The maximum Gasteiger partial charge on any atom is 0.248 e. The van der Waals surface area contributed by atoms with E-state index < -0.39 is 0 Å². The number of aryl methyl sites for hydroxylation is 1. The molecule has 3 aromatic rings. The van der Waals surface area contributed by atoms with Gasteiger partial charge in [-0.15, -0.1) is 16.4 Å². The second-order valence-corrected chi connectivity index (χ2v) is 5.76. The highest BCUT2D eigenvalue weighted by molar-refractivity contribution is 7.14. The lowest BCUT2D eigenvalue weighted by molar-refractivity contribution is -0.115. The number of thiophene rings is 1. The van der Waals surface area contributed by atoms with Crippen LogP contribution in [-0.4, -0.2) is 26.1 Å². The van der Waals surface area contributed by atoms with E-state index in [0.29, 0.717) is 11.8 Å². The first kappa shape index (κ1) is 12.9. The zero-order valence-electron chi connectivity index (χ0n) is 10.6. The lowest BCUT2D eigenvalue weighted by atomic mass is 10.3. The molecule has 0 aliphatic rings. The van der Waals surface area contributed by atoms with E-state index >= 15 is 0 Å². The van der Waals surface area contributed by atoms with Crippen molar-refractivity contribution in [2.45, 2.75) is 13.3 Å². The molecule has 0 radical (unpaired) electrons. The van der Waals surface area contributed by atoms with E-state index in [-0.39, 0.29) is 12.3 Å². The molecular weight excluding hydrogens is 294 g/mol. The lowest BCUT2D eigenvalue weighted by Gasteiger charge is -1.97. The second kappa shape index (κ2) is 5.51. The van der Waals surface area contributed by atoms with Gasteiger partial charge in [-0.1, -0.05) is 0 Å². The largest absolute Gasteiger partial charge is 0.293 e. The van der Waals surface area contributed by atoms with Gasteiger partial charge in [-0.05, 0) is 18.4 Å². The van der Waals surface area contributed by atoms with Crippen LogP contribution in [0.4, 0.5) is 5.95 Å². The van der Waals surface area contributed by atoms with Crippen molar-refractivity contribution in [1.29, 1.82) is 0 Å². The van der Waals surface area contributed by atoms with Crippen LogP contribution < -0.4 is 5.32 Å². The molecule has 1 amide bonds. The van der Waals surface area contributed by atoms with Crippen LogP contribution in [0.15, 0.2) is 22.2 Å². The summed E-state index contributed by atoms with van der Waals surface area (Å²) >= 11 is 3.17. The highest BCUT2D eigenvalue weighted by Crippen LogP contribution is 2.25. The standard InChI is InChI=1S/C12H11N5OS2/c1-7-13-12(17-16-7)15-10(18)4-9-6-20-11(14-9)8-2-3-19-5-8/h2-3,5-6H,4H2,1H3,(H2,13,15,16,17,18). The SMILES string of the molecule is Cc1nc(NC(=O)Cc2csc(-c3ccsc3)n2)n[nH]1. The average molecular weight is 305 g/mol. The normalized spacial score (nSPS) is 10.7. The van der Waals surface area contributed by atoms with E-state index in [1.165, 1.54) is 11.3 Å². The molecule has 102 valence electrons. The Labute approximate surface area is 122 Å². The average Bonchev–Trinajstić information content (AvgIpc) is 3.10. The summed E-state index contributed by atoms with van der Waals surface area (Å²) < 4.78 is 0. The number of H-pyrrole nitrogens is 1. The topological polar surface area (TPSA) is 83.6 Å². The van der Waals surface area contributed by atoms with Crippen LogP contribution in [0.1, 0.15) is 11.5 Å². The Morgan fingerprint density at radius 1 is 1.40 bits per heavy atom. The number of hydrogen-bond acceptors (Lipinski definition) is 6. The molecule has 0 atom stereocenters. The van der Waals surface area contributed by atoms with Gasteiger partial charge in [-0.3, -0.25) is 15.2 Å². The van der Waals surface area contributed by atoms with Gasteiger partial charge in [0.1, 0.15) is 10.8 Å². The Kier molecular flexibility index (Phi) is 3.57. The van der Waals surface area contributed by atoms with E-state index in [0.717, 1.165) is 16.3 Å². The van der Waals surface area contributed by atoms with Crippen molar-refractivity contribution in [2.24, 2.45) is 0 Å². The fraction of sp³-hybridized carbons (Fsp3) is 0.167. The highest BCUT2D eigenvalue weighted by Gasteiger charge is 2.11. The van der Waals surface area contributed by atoms with Crippen LogP contribution >= 0.6 is 22.7 Å². The van der Waals surface area contributed by atoms with Crippen molar-refractivity contribution in [3.05, 3.63) is 33.7 Å². The summed E-state index contributed by atoms with van der Waals surface area (Å²) in [4.78, 5) is 20.3. The summed E-state index contributed by atoms with van der Waals surface area (Å²) in [6.45, 7) is 1.77. The van der Waals surface area contributed by atoms with Crippen molar-refractivity contribution < 1.29 is 4.79 Å². The smallest absolute Gasteiger partial charge is 0.248 e. The number of aromatic nitrogens is 4. The molecule has 0 bridgehead atoms. The quantitative estimate of drug-likeness (QED) is 0.775. The van der Waals surface area contributed by atoms with Crippen LogP contribution in [0.3, 0.4) is 0 Å². The number of carbonyl (C=O) groups excluding carboxylic acids is 1. The van der Waals surface area contributed by atoms with E-state index in [2.05, 4.69) is 25.5 Å². The Morgan fingerprint density at radius 2 is 2.30 bits per heavy atom. The number of amides is 1. The van der Waals surface area contributed by atoms with Gasteiger partial charge in [0.05, 0.1) is 12.1 Å². The predicted octanol–water partition coefficient (Wildman–Crippen LogP) is 2.48. The van der Waals surface area contributed by atoms with Gasteiger partial charge in [0, 0.05) is 16.3 Å². The molecule has 0 aromatic carbocycles. The van der Waals surface area contributed by atoms with Gasteiger partial charge in [-0.2, -0.15) is 16.3 Å². The highest BCUT2D eigenvalue weighted by atomic mass is 32.1. The fourth-order valence-electron chi connectivity index (χ4n) is 1.64. The number of nitrogens with one attached hydrogen (secondary N) is 2. The minimum absolute atomic E-state index is 0.175. The molecule has 8 heteroatoms. The molecular formula is C12H11N5OS2. The third kappa shape index (κ3) is 2.91. The Morgan fingerprint density at radius 3 is 3.00 bits per heavy atom. The number of rotatable bonds is 4. The molecule has 0 fully saturated rings. The van der Waals surface area contributed by atoms with E-state index in [4.69, 9.17) is 0 Å². The molecule has 3 rings (SSSR count). The maximum atomic E-state index is 11.8. The van der Waals surface area contributed by atoms with Crippen molar-refractivity contribution in [3.63, 3.8) is 0 Å². The number of anilines is 1. The Balaban J connectivity index is 1.64. The first-order valence-corrected chi connectivity index (χ1v) is 7.69. The molecule has 3 aromatic heterocycles. The summed E-state index contributed by atoms with van der Waals surface area (Å²) in [6.07, 6.45) is 0.216. The van der Waals surface area contributed by atoms with Crippen molar-refractivity contribution in [1.82, 2.24) is 20.2 Å². The second-order valence-electron chi connectivity index (χ2n) is 4.13. The van der Waals surface area contributed by atoms with Crippen LogP contribution in [0.5, 0.6) is 0 Å². The molecule has 3 heterocycles. The van der Waals surface area contributed by atoms with Gasteiger partial charge in [0.25, 0.3) is 0 Å². The molecule has 0 aliphatic carbocycles. The summed E-state index contributed by atoms with van der Waals surface area (Å²) in [7, 11) is 0. The summed E-state index contributed by atoms with van der Waals surface area (Å²) in [6, 6.07) is 2.02. The minimum Gasteiger partial charge on any atom is -0.293 e. The van der Waals surface area contributed by atoms with E-state index in [1.54, 1.807) is 18.3 Å². The van der Waals surface area contributed by atoms with Crippen LogP contribution in [0.2, 0.25) is 0 Å². The van der Waals surface area contributed by atoms with E-state index in [1.807, 2.05) is 22.2 Å². The maximum absolute atomic E-state index is 11.8. The lowest BCUT2D eigenvalue weighted by Crippen LogP contribution is -2.15. The summed E-state index contributed by atoms with van der Waals surface area (Å²) in [5.41, 5.74) is 1.84. The number of hydrogen-bond donors (Lipinski definition) is 2. The number of aromatic amines is 1. The van der Waals surface area contributed by atoms with E-state index in [9.17, 15) is 4.79 Å². The zero-order chi connectivity index (χ0) is 13.9. The fourth-order valence-corrected chi connectivity index (χ4v) is 3.17. The monoisotopic (exact) mass is 305 g/mol. The Hall–Kier alpha value is -2.06. The molecule has 6 nitrogen and oxygen atoms in total. The molecule has 0 aliphatic heterocycles. The van der Waals surface area contributed by atoms with Gasteiger partial charge in [0.2, 0.25) is 11.9 Å². The third-order valence-electron chi connectivity index (χ3n) is 2.51. The van der Waals surface area contributed by atoms with Gasteiger partial charge >= 0.3 is 0 Å². The van der Waals surface area contributed by atoms with Crippen molar-refractivity contribution >= 4 is 34.5 Å². The first-order valence-electron chi connectivity index (χ1n) is 5.86. The molecule has 0 saturated heterocycles.